The number of nitrogens with two attached hydrogens (primary N) is 1. The van der Waals surface area contributed by atoms with Crippen LogP contribution in [0.25, 0.3) is 10.9 Å². The van der Waals surface area contributed by atoms with Gasteiger partial charge in [-0.05, 0) is 60.2 Å². The highest BCUT2D eigenvalue weighted by Gasteiger charge is 2.41. The van der Waals surface area contributed by atoms with Crippen molar-refractivity contribution >= 4 is 70.1 Å². The van der Waals surface area contributed by atoms with Crippen LogP contribution < -0.4 is 43.0 Å². The largest absolute Gasteiger partial charge is 0.508 e. The molecule has 0 spiro atoms. The summed E-state index contributed by atoms with van der Waals surface area (Å²) < 4.78 is 0. The van der Waals surface area contributed by atoms with Gasteiger partial charge in [-0.15, -0.1) is 0 Å². The van der Waals surface area contributed by atoms with Crippen molar-refractivity contribution in [3.05, 3.63) is 138 Å². The highest BCUT2D eigenvalue weighted by atomic mass is 16.4. The lowest BCUT2D eigenvalue weighted by Gasteiger charge is -2.31. The minimum absolute atomic E-state index is 0.0270. The standard InChI is InChI=1S/C57H68N10O16/c1-31(70)48(66-49(74)38(58)29-68)56(81)67-22-10-17-46(67)55(80)63-42(26-35-28-59-39-16-9-8-15-37(35)39)52(77)60-41(24-33-13-6-3-7-14-33)51(76)65-45(30-69)54(79)61-40(23-32-11-4-2-5-12-32)50(75)62-43(27-47(72)73)53(78)64-44(57(82)83)25-34-18-20-36(71)21-19-34/h2-9,11-16,18-21,28,31,38,40-46,48,59,68-71H,10,17,22-27,29-30,58H2,1H3,(H,60,77)(H,61,79)(H,62,75)(H,63,80)(H,64,78)(H,65,76)(H,66,74)(H,72,73)(H,82,83)/t31-,38+,40+,41+,42+,43+,44+,45+,46+,48+/m1/s1. The number of benzene rings is 4. The molecule has 0 aliphatic carbocycles. The normalized spacial score (nSPS) is 16.3. The molecule has 1 saturated heterocycles. The van der Waals surface area contributed by atoms with Gasteiger partial charge in [0.2, 0.25) is 47.3 Å². The molecule has 26 heteroatoms. The molecular formula is C57H68N10O16. The van der Waals surface area contributed by atoms with Gasteiger partial charge < -0.3 is 83.5 Å². The zero-order chi connectivity index (χ0) is 60.3. The van der Waals surface area contributed by atoms with Crippen LogP contribution in [0.2, 0.25) is 0 Å². The van der Waals surface area contributed by atoms with Gasteiger partial charge in [-0.3, -0.25) is 43.2 Å². The number of phenols is 1. The summed E-state index contributed by atoms with van der Waals surface area (Å²) in [4.78, 5) is 141. The van der Waals surface area contributed by atoms with Crippen molar-refractivity contribution in [1.82, 2.24) is 47.1 Å². The maximum Gasteiger partial charge on any atom is 0.326 e. The average Bonchev–Trinajstić information content (AvgIpc) is 4.32. The molecule has 8 amide bonds. The second kappa shape index (κ2) is 30.0. The van der Waals surface area contributed by atoms with Gasteiger partial charge in [0.05, 0.1) is 25.7 Å². The van der Waals surface area contributed by atoms with E-state index in [1.54, 1.807) is 91.1 Å². The molecule has 16 N–H and O–H groups in total. The van der Waals surface area contributed by atoms with E-state index < -0.39 is 139 Å². The Bertz CT molecular complexity index is 3090. The quantitative estimate of drug-likeness (QED) is 0.0241. The number of aromatic nitrogens is 1. The van der Waals surface area contributed by atoms with E-state index in [-0.39, 0.29) is 44.4 Å². The average molecular weight is 1150 g/mol. The highest BCUT2D eigenvalue weighted by molar-refractivity contribution is 5.99. The van der Waals surface area contributed by atoms with Crippen LogP contribution in [0, 0.1) is 0 Å². The number of likely N-dealkylation sites (tertiary alicyclic amines) is 1. The van der Waals surface area contributed by atoms with E-state index in [1.807, 2.05) is 0 Å². The van der Waals surface area contributed by atoms with Crippen molar-refractivity contribution < 1.29 is 78.6 Å². The Hall–Kier alpha value is -9.24. The van der Waals surface area contributed by atoms with Crippen molar-refractivity contribution in [1.29, 1.82) is 0 Å². The number of aliphatic hydroxyl groups excluding tert-OH is 3. The number of aliphatic hydroxyl groups is 3. The Morgan fingerprint density at radius 2 is 1.06 bits per heavy atom. The second-order valence-corrected chi connectivity index (χ2v) is 20.0. The molecule has 10 atom stereocenters. The zero-order valence-electron chi connectivity index (χ0n) is 45.1. The van der Waals surface area contributed by atoms with Crippen LogP contribution in [-0.4, -0.2) is 180 Å². The number of aromatic hydroxyl groups is 1. The van der Waals surface area contributed by atoms with Gasteiger partial charge in [0.15, 0.2) is 0 Å². The molecular weight excluding hydrogens is 1080 g/mol. The number of carboxylic acid groups (broad SMARTS) is 2. The van der Waals surface area contributed by atoms with E-state index in [1.165, 1.54) is 31.2 Å². The lowest BCUT2D eigenvalue weighted by Crippen LogP contribution is -2.62. The maximum absolute atomic E-state index is 14.8. The van der Waals surface area contributed by atoms with Crippen LogP contribution in [0.4, 0.5) is 0 Å². The maximum atomic E-state index is 14.8. The Morgan fingerprint density at radius 3 is 1.60 bits per heavy atom. The fraction of sp³-hybridized carbons (Fsp3) is 0.368. The van der Waals surface area contributed by atoms with Gasteiger partial charge in [0, 0.05) is 49.3 Å². The number of H-pyrrole nitrogens is 1. The first kappa shape index (κ1) is 62.9. The number of carbonyl (C=O) groups is 10. The number of nitrogens with zero attached hydrogens (tertiary/aromatic N) is 1. The fourth-order valence-electron chi connectivity index (χ4n) is 9.34. The number of rotatable bonds is 29. The molecule has 0 unspecified atom stereocenters. The van der Waals surface area contributed by atoms with E-state index in [0.717, 1.165) is 4.90 Å². The molecule has 1 aromatic heterocycles. The van der Waals surface area contributed by atoms with Crippen LogP contribution in [-0.2, 0) is 73.6 Å². The molecule has 5 aromatic rings. The summed E-state index contributed by atoms with van der Waals surface area (Å²) in [6.45, 7) is -0.553. The van der Waals surface area contributed by atoms with Crippen molar-refractivity contribution in [2.75, 3.05) is 19.8 Å². The van der Waals surface area contributed by atoms with Crippen LogP contribution in [0.5, 0.6) is 5.75 Å². The Kier molecular flexibility index (Phi) is 22.8. The Balaban J connectivity index is 1.23. The van der Waals surface area contributed by atoms with Gasteiger partial charge in [-0.2, -0.15) is 0 Å². The second-order valence-electron chi connectivity index (χ2n) is 20.0. The number of hydrogen-bond acceptors (Lipinski definition) is 15. The number of carbonyl (C=O) groups excluding carboxylic acids is 8. The van der Waals surface area contributed by atoms with E-state index in [9.17, 15) is 78.6 Å². The molecule has 0 radical (unpaired) electrons. The molecule has 0 bridgehead atoms. The van der Waals surface area contributed by atoms with Crippen LogP contribution in [0.15, 0.2) is 115 Å². The summed E-state index contributed by atoms with van der Waals surface area (Å²) in [6.07, 6.45) is -1.39. The number of fused-ring (bicyclic) bond motifs is 1. The summed E-state index contributed by atoms with van der Waals surface area (Å²) in [5.41, 5.74) is 8.27. The highest BCUT2D eigenvalue weighted by Crippen LogP contribution is 2.23. The molecule has 1 fully saturated rings. The summed E-state index contributed by atoms with van der Waals surface area (Å²) >= 11 is 0. The van der Waals surface area contributed by atoms with Gasteiger partial charge >= 0.3 is 11.9 Å². The number of carboxylic acids is 2. The van der Waals surface area contributed by atoms with Gasteiger partial charge in [-0.25, -0.2) is 4.79 Å². The van der Waals surface area contributed by atoms with Crippen molar-refractivity contribution in [2.24, 2.45) is 5.73 Å². The summed E-state index contributed by atoms with van der Waals surface area (Å²) in [5, 5.41) is 77.9. The molecule has 1 aliphatic heterocycles. The Labute approximate surface area is 475 Å². The van der Waals surface area contributed by atoms with E-state index in [0.29, 0.717) is 39.6 Å². The summed E-state index contributed by atoms with van der Waals surface area (Å²) in [5.74, 6) is -11.1. The predicted molar refractivity (Wildman–Crippen MR) is 296 cm³/mol. The number of nitrogens with one attached hydrogen (secondary N) is 8. The molecule has 26 nitrogen and oxygen atoms in total. The van der Waals surface area contributed by atoms with Gasteiger partial charge in [0.25, 0.3) is 0 Å². The number of para-hydroxylation sites is 1. The van der Waals surface area contributed by atoms with Crippen molar-refractivity contribution in [3.8, 4) is 5.75 Å². The molecule has 2 heterocycles. The number of aliphatic carboxylic acids is 2. The number of aromatic amines is 1. The third-order valence-corrected chi connectivity index (χ3v) is 13.8. The first-order valence-electron chi connectivity index (χ1n) is 26.6. The molecule has 83 heavy (non-hydrogen) atoms. The summed E-state index contributed by atoms with van der Waals surface area (Å²) in [6, 6.07) is 14.9. The zero-order valence-corrected chi connectivity index (χ0v) is 45.1. The molecule has 442 valence electrons. The minimum Gasteiger partial charge on any atom is -0.508 e. The van der Waals surface area contributed by atoms with Gasteiger partial charge in [-0.1, -0.05) is 91.0 Å². The van der Waals surface area contributed by atoms with E-state index in [2.05, 4.69) is 42.2 Å². The smallest absolute Gasteiger partial charge is 0.326 e. The lowest BCUT2D eigenvalue weighted by molar-refractivity contribution is -0.144. The lowest BCUT2D eigenvalue weighted by atomic mass is 10.0. The molecule has 6 rings (SSSR count). The van der Waals surface area contributed by atoms with Crippen molar-refractivity contribution in [3.63, 3.8) is 0 Å². The topological polar surface area (TPSA) is 421 Å². The first-order valence-corrected chi connectivity index (χ1v) is 26.6. The van der Waals surface area contributed by atoms with Crippen molar-refractivity contribution in [2.45, 2.75) is 112 Å². The van der Waals surface area contributed by atoms with Gasteiger partial charge in [0.1, 0.15) is 60.1 Å². The third-order valence-electron chi connectivity index (χ3n) is 13.8. The monoisotopic (exact) mass is 1150 g/mol. The number of amides is 8. The number of hydrogen-bond donors (Lipinski definition) is 15. The van der Waals surface area contributed by atoms with E-state index >= 15 is 0 Å². The van der Waals surface area contributed by atoms with E-state index in [4.69, 9.17) is 5.73 Å². The predicted octanol–water partition coefficient (Wildman–Crippen LogP) is -2.22. The Morgan fingerprint density at radius 1 is 0.578 bits per heavy atom. The molecule has 1 aliphatic rings. The van der Waals surface area contributed by atoms with Crippen LogP contribution in [0.3, 0.4) is 0 Å². The van der Waals surface area contributed by atoms with Crippen LogP contribution in [0.1, 0.15) is 48.4 Å². The molecule has 4 aromatic carbocycles. The minimum atomic E-state index is -1.89. The number of phenolic OH excluding ortho intramolecular Hbond substituents is 1. The first-order chi connectivity index (χ1) is 39.6. The third kappa shape index (κ3) is 17.9. The van der Waals surface area contributed by atoms with Crippen LogP contribution >= 0.6 is 0 Å². The summed E-state index contributed by atoms with van der Waals surface area (Å²) in [7, 11) is 0. The SMILES string of the molecule is C[C@@H](O)[C@H](NC(=O)[C@@H](N)CO)C(=O)N1CCC[C@H]1C(=O)N[C@@H](Cc1c[nH]c2ccccc12)C(=O)N[C@@H](Cc1ccccc1)C(=O)N[C@@H](CO)C(=O)N[C@@H](Cc1ccccc1)C(=O)N[C@@H](CC(=O)O)C(=O)N[C@@H](Cc1ccc(O)cc1)C(=O)O. The molecule has 0 saturated carbocycles. The fourth-order valence-corrected chi connectivity index (χ4v) is 9.34.